The third-order valence-electron chi connectivity index (χ3n) is 2.85. The SMILES string of the molecule is O=C(O)CCCNC(=O)NCCS(=O)(=O)NCc1ccccc1. The van der Waals surface area contributed by atoms with Gasteiger partial charge in [0.2, 0.25) is 10.0 Å². The molecule has 4 N–H and O–H groups in total. The fourth-order valence-corrected chi connectivity index (χ4v) is 2.57. The molecule has 0 unspecified atom stereocenters. The second kappa shape index (κ2) is 9.80. The van der Waals surface area contributed by atoms with Crippen molar-refractivity contribution in [2.24, 2.45) is 0 Å². The van der Waals surface area contributed by atoms with Crippen molar-refractivity contribution < 1.29 is 23.1 Å². The Balaban J connectivity index is 2.18. The van der Waals surface area contributed by atoms with Crippen LogP contribution in [0.15, 0.2) is 30.3 Å². The number of hydrogen-bond donors (Lipinski definition) is 4. The molecular weight excluding hydrogens is 322 g/mol. The van der Waals surface area contributed by atoms with E-state index in [1.165, 1.54) is 0 Å². The number of carboxylic acids is 1. The molecule has 0 saturated heterocycles. The number of carbonyl (C=O) groups excluding carboxylic acids is 1. The minimum Gasteiger partial charge on any atom is -0.481 e. The summed E-state index contributed by atoms with van der Waals surface area (Å²) in [5.74, 6) is -1.16. The average molecular weight is 343 g/mol. The third kappa shape index (κ3) is 9.48. The number of carboxylic acid groups (broad SMARTS) is 1. The van der Waals surface area contributed by atoms with Crippen molar-refractivity contribution in [3.05, 3.63) is 35.9 Å². The molecule has 0 bridgehead atoms. The first kappa shape index (κ1) is 18.9. The number of amides is 2. The zero-order valence-corrected chi connectivity index (χ0v) is 13.4. The maximum atomic E-state index is 11.8. The molecule has 0 radical (unpaired) electrons. The third-order valence-corrected chi connectivity index (χ3v) is 4.17. The van der Waals surface area contributed by atoms with Crippen LogP contribution in [-0.4, -0.2) is 44.4 Å². The predicted molar refractivity (Wildman–Crippen MR) is 85.3 cm³/mol. The van der Waals surface area contributed by atoms with Gasteiger partial charge in [0.15, 0.2) is 0 Å². The van der Waals surface area contributed by atoms with Crippen LogP contribution in [0.5, 0.6) is 0 Å². The summed E-state index contributed by atoms with van der Waals surface area (Å²) >= 11 is 0. The Kier molecular flexibility index (Phi) is 8.06. The minimum absolute atomic E-state index is 0.0297. The van der Waals surface area contributed by atoms with Crippen molar-refractivity contribution in [2.45, 2.75) is 19.4 Å². The van der Waals surface area contributed by atoms with E-state index in [1.54, 1.807) is 0 Å². The maximum absolute atomic E-state index is 11.8. The molecule has 1 aromatic rings. The molecule has 23 heavy (non-hydrogen) atoms. The van der Waals surface area contributed by atoms with Crippen LogP contribution in [-0.2, 0) is 21.4 Å². The maximum Gasteiger partial charge on any atom is 0.314 e. The molecule has 0 aliphatic rings. The molecule has 9 heteroatoms. The van der Waals surface area contributed by atoms with Crippen molar-refractivity contribution >= 4 is 22.0 Å². The Labute approximate surface area is 135 Å². The molecule has 0 heterocycles. The lowest BCUT2D eigenvalue weighted by Crippen LogP contribution is -2.40. The van der Waals surface area contributed by atoms with E-state index in [9.17, 15) is 18.0 Å². The van der Waals surface area contributed by atoms with Crippen molar-refractivity contribution in [2.75, 3.05) is 18.8 Å². The Bertz CT molecular complexity index is 604. The number of aliphatic carboxylic acids is 1. The van der Waals surface area contributed by atoms with Crippen molar-refractivity contribution in [3.8, 4) is 0 Å². The van der Waals surface area contributed by atoms with Gasteiger partial charge < -0.3 is 15.7 Å². The number of hydrogen-bond acceptors (Lipinski definition) is 4. The lowest BCUT2D eigenvalue weighted by Gasteiger charge is -2.09. The first-order valence-electron chi connectivity index (χ1n) is 7.14. The number of benzene rings is 1. The Morgan fingerprint density at radius 2 is 1.70 bits per heavy atom. The van der Waals surface area contributed by atoms with Gasteiger partial charge in [-0.1, -0.05) is 30.3 Å². The smallest absolute Gasteiger partial charge is 0.314 e. The van der Waals surface area contributed by atoms with Crippen LogP contribution in [0, 0.1) is 0 Å². The fourth-order valence-electron chi connectivity index (χ4n) is 1.66. The topological polar surface area (TPSA) is 125 Å². The lowest BCUT2D eigenvalue weighted by atomic mass is 10.2. The average Bonchev–Trinajstić information content (AvgIpc) is 2.50. The number of nitrogens with one attached hydrogen (secondary N) is 3. The van der Waals surface area contributed by atoms with Crippen LogP contribution in [0.1, 0.15) is 18.4 Å². The van der Waals surface area contributed by atoms with Crippen LogP contribution in [0.4, 0.5) is 4.79 Å². The standard InChI is InChI=1S/C14H21N3O5S/c18-13(19)7-4-8-15-14(20)16-9-10-23(21,22)17-11-12-5-2-1-3-6-12/h1-3,5-6,17H,4,7-11H2,(H,18,19)(H2,15,16,20). The first-order valence-corrected chi connectivity index (χ1v) is 8.79. The Morgan fingerprint density at radius 1 is 1.04 bits per heavy atom. The van der Waals surface area contributed by atoms with Gasteiger partial charge in [-0.25, -0.2) is 17.9 Å². The molecular formula is C14H21N3O5S. The highest BCUT2D eigenvalue weighted by molar-refractivity contribution is 7.89. The molecule has 8 nitrogen and oxygen atoms in total. The molecule has 128 valence electrons. The zero-order chi connectivity index (χ0) is 17.1. The summed E-state index contributed by atoms with van der Waals surface area (Å²) in [6.45, 7) is 0.386. The highest BCUT2D eigenvalue weighted by Crippen LogP contribution is 1.98. The van der Waals surface area contributed by atoms with E-state index in [1.807, 2.05) is 30.3 Å². The Hall–Kier alpha value is -2.13. The van der Waals surface area contributed by atoms with Gasteiger partial charge in [-0.3, -0.25) is 4.79 Å². The van der Waals surface area contributed by atoms with Crippen molar-refractivity contribution in [3.63, 3.8) is 0 Å². The number of sulfonamides is 1. The summed E-state index contributed by atoms with van der Waals surface area (Å²) < 4.78 is 26.0. The summed E-state index contributed by atoms with van der Waals surface area (Å²) in [6, 6.07) is 8.58. The summed E-state index contributed by atoms with van der Waals surface area (Å²) in [6.07, 6.45) is 0.289. The van der Waals surface area contributed by atoms with Gasteiger partial charge in [-0.2, -0.15) is 0 Å². The van der Waals surface area contributed by atoms with E-state index in [0.29, 0.717) is 6.42 Å². The molecule has 0 aliphatic heterocycles. The van der Waals surface area contributed by atoms with Gasteiger partial charge in [0.1, 0.15) is 0 Å². The van der Waals surface area contributed by atoms with Crippen LogP contribution in [0.3, 0.4) is 0 Å². The highest BCUT2D eigenvalue weighted by Gasteiger charge is 2.10. The largest absolute Gasteiger partial charge is 0.481 e. The van der Waals surface area contributed by atoms with Crippen LogP contribution >= 0.6 is 0 Å². The van der Waals surface area contributed by atoms with Gasteiger partial charge in [0, 0.05) is 26.1 Å². The van der Waals surface area contributed by atoms with Gasteiger partial charge in [0.05, 0.1) is 5.75 Å². The lowest BCUT2D eigenvalue weighted by molar-refractivity contribution is -0.137. The second-order valence-corrected chi connectivity index (χ2v) is 6.73. The molecule has 1 rings (SSSR count). The van der Waals surface area contributed by atoms with Crippen LogP contribution < -0.4 is 15.4 Å². The normalized spacial score (nSPS) is 11.0. The molecule has 0 spiro atoms. The number of carbonyl (C=O) groups is 2. The summed E-state index contributed by atoms with van der Waals surface area (Å²) in [5, 5.41) is 13.3. The summed E-state index contributed by atoms with van der Waals surface area (Å²) in [7, 11) is -3.48. The second-order valence-electron chi connectivity index (χ2n) is 4.81. The Morgan fingerprint density at radius 3 is 2.35 bits per heavy atom. The number of rotatable bonds is 10. The van der Waals surface area contributed by atoms with Crippen molar-refractivity contribution in [1.29, 1.82) is 0 Å². The van der Waals surface area contributed by atoms with Crippen molar-refractivity contribution in [1.82, 2.24) is 15.4 Å². The van der Waals surface area contributed by atoms with E-state index in [2.05, 4.69) is 15.4 Å². The fraction of sp³-hybridized carbons (Fsp3) is 0.429. The molecule has 0 fully saturated rings. The monoisotopic (exact) mass is 343 g/mol. The molecule has 0 saturated carbocycles. The summed E-state index contributed by atoms with van der Waals surface area (Å²) in [4.78, 5) is 21.7. The van der Waals surface area contributed by atoms with E-state index in [0.717, 1.165) is 5.56 Å². The van der Waals surface area contributed by atoms with E-state index >= 15 is 0 Å². The van der Waals surface area contributed by atoms with Gasteiger partial charge in [-0.05, 0) is 12.0 Å². The highest BCUT2D eigenvalue weighted by atomic mass is 32.2. The van der Waals surface area contributed by atoms with E-state index in [-0.39, 0.29) is 31.8 Å². The van der Waals surface area contributed by atoms with Gasteiger partial charge >= 0.3 is 12.0 Å². The van der Waals surface area contributed by atoms with Gasteiger partial charge in [0.25, 0.3) is 0 Å². The quantitative estimate of drug-likeness (QED) is 0.454. The predicted octanol–water partition coefficient (Wildman–Crippen LogP) is 0.270. The minimum atomic E-state index is -3.48. The number of urea groups is 1. The van der Waals surface area contributed by atoms with E-state index in [4.69, 9.17) is 5.11 Å². The molecule has 0 aliphatic carbocycles. The van der Waals surface area contributed by atoms with E-state index < -0.39 is 22.0 Å². The molecule has 0 atom stereocenters. The van der Waals surface area contributed by atoms with Crippen LogP contribution in [0.25, 0.3) is 0 Å². The van der Waals surface area contributed by atoms with Gasteiger partial charge in [-0.15, -0.1) is 0 Å². The van der Waals surface area contributed by atoms with Crippen LogP contribution in [0.2, 0.25) is 0 Å². The first-order chi connectivity index (χ1) is 10.9. The zero-order valence-electron chi connectivity index (χ0n) is 12.6. The molecule has 0 aromatic heterocycles. The molecule has 1 aromatic carbocycles. The summed E-state index contributed by atoms with van der Waals surface area (Å²) in [5.41, 5.74) is 0.847. The molecule has 2 amide bonds.